The maximum absolute atomic E-state index is 12.3. The predicted molar refractivity (Wildman–Crippen MR) is 91.9 cm³/mol. The minimum Gasteiger partial charge on any atom is -0.349 e. The van der Waals surface area contributed by atoms with Gasteiger partial charge in [-0.05, 0) is 42.0 Å². The van der Waals surface area contributed by atoms with Gasteiger partial charge in [0.15, 0.2) is 0 Å². The van der Waals surface area contributed by atoms with E-state index in [1.165, 1.54) is 16.7 Å². The Morgan fingerprint density at radius 2 is 1.64 bits per heavy atom. The Balaban J connectivity index is 2.01. The largest absolute Gasteiger partial charge is 0.349 e. The summed E-state index contributed by atoms with van der Waals surface area (Å²) in [5, 5.41) is 3.16. The van der Waals surface area contributed by atoms with Crippen LogP contribution < -0.4 is 5.32 Å². The van der Waals surface area contributed by atoms with Gasteiger partial charge < -0.3 is 5.32 Å². The van der Waals surface area contributed by atoms with Crippen molar-refractivity contribution >= 4 is 5.91 Å². The van der Waals surface area contributed by atoms with E-state index < -0.39 is 0 Å². The number of carbonyl (C=O) groups excluding carboxylic acids is 1. The van der Waals surface area contributed by atoms with E-state index in [2.05, 4.69) is 50.4 Å². The fraction of sp³-hybridized carbons (Fsp3) is 0.350. The third kappa shape index (κ3) is 4.20. The second-order valence-corrected chi connectivity index (χ2v) is 5.73. The average molecular weight is 295 g/mol. The fourth-order valence-corrected chi connectivity index (χ4v) is 2.70. The van der Waals surface area contributed by atoms with E-state index in [0.717, 1.165) is 18.4 Å². The van der Waals surface area contributed by atoms with Crippen LogP contribution in [-0.4, -0.2) is 5.91 Å². The lowest BCUT2D eigenvalue weighted by molar-refractivity contribution is -0.121. The smallest absolute Gasteiger partial charge is 0.224 e. The molecule has 2 nitrogen and oxygen atoms in total. The second kappa shape index (κ2) is 7.79. The highest BCUT2D eigenvalue weighted by molar-refractivity contribution is 5.79. The first-order valence-corrected chi connectivity index (χ1v) is 8.06. The number of nitrogens with one attached hydrogen (secondary N) is 1. The van der Waals surface area contributed by atoms with Crippen LogP contribution in [0, 0.1) is 6.92 Å². The number of aryl methyl sites for hydroxylation is 2. The molecule has 1 atom stereocenters. The van der Waals surface area contributed by atoms with Gasteiger partial charge >= 0.3 is 0 Å². The zero-order valence-electron chi connectivity index (χ0n) is 13.7. The molecule has 2 aromatic rings. The number of carbonyl (C=O) groups is 1. The van der Waals surface area contributed by atoms with E-state index in [1.54, 1.807) is 0 Å². The molecule has 1 N–H and O–H groups in total. The van der Waals surface area contributed by atoms with Gasteiger partial charge in [-0.2, -0.15) is 0 Å². The number of benzene rings is 2. The summed E-state index contributed by atoms with van der Waals surface area (Å²) in [6.45, 7) is 6.33. The van der Waals surface area contributed by atoms with Gasteiger partial charge in [-0.3, -0.25) is 4.79 Å². The first-order chi connectivity index (χ1) is 10.6. The highest BCUT2D eigenvalue weighted by Crippen LogP contribution is 2.20. The van der Waals surface area contributed by atoms with Crippen LogP contribution in [0.25, 0.3) is 0 Å². The predicted octanol–water partition coefficient (Wildman–Crippen LogP) is 4.37. The molecule has 0 spiro atoms. The first-order valence-electron chi connectivity index (χ1n) is 8.06. The van der Waals surface area contributed by atoms with Crippen molar-refractivity contribution in [2.45, 2.75) is 46.1 Å². The van der Waals surface area contributed by atoms with Gasteiger partial charge in [0.1, 0.15) is 0 Å². The highest BCUT2D eigenvalue weighted by Gasteiger charge is 2.14. The first kappa shape index (κ1) is 16.3. The van der Waals surface area contributed by atoms with Crippen LogP contribution >= 0.6 is 0 Å². The van der Waals surface area contributed by atoms with Gasteiger partial charge in [-0.15, -0.1) is 0 Å². The van der Waals surface area contributed by atoms with Gasteiger partial charge in [0.25, 0.3) is 0 Å². The molecule has 0 aliphatic carbocycles. The van der Waals surface area contributed by atoms with Crippen LogP contribution in [-0.2, 0) is 17.6 Å². The van der Waals surface area contributed by atoms with E-state index >= 15 is 0 Å². The monoisotopic (exact) mass is 295 g/mol. The van der Waals surface area contributed by atoms with Crippen molar-refractivity contribution in [2.24, 2.45) is 0 Å². The van der Waals surface area contributed by atoms with Crippen molar-refractivity contribution in [1.29, 1.82) is 0 Å². The van der Waals surface area contributed by atoms with Crippen molar-refractivity contribution in [3.05, 3.63) is 70.8 Å². The van der Waals surface area contributed by atoms with E-state index in [0.29, 0.717) is 6.42 Å². The summed E-state index contributed by atoms with van der Waals surface area (Å²) in [5.74, 6) is 0.0827. The lowest BCUT2D eigenvalue weighted by Gasteiger charge is -2.19. The summed E-state index contributed by atoms with van der Waals surface area (Å²) >= 11 is 0. The maximum Gasteiger partial charge on any atom is 0.224 e. The molecule has 0 bridgehead atoms. The topological polar surface area (TPSA) is 29.1 Å². The van der Waals surface area contributed by atoms with E-state index in [9.17, 15) is 4.79 Å². The molecule has 0 heterocycles. The molecule has 0 aliphatic rings. The van der Waals surface area contributed by atoms with E-state index in [1.807, 2.05) is 24.3 Å². The number of hydrogen-bond acceptors (Lipinski definition) is 1. The van der Waals surface area contributed by atoms with Crippen LogP contribution in [0.5, 0.6) is 0 Å². The Kier molecular flexibility index (Phi) is 5.76. The van der Waals surface area contributed by atoms with Gasteiger partial charge in [-0.25, -0.2) is 0 Å². The molecule has 0 fully saturated rings. The van der Waals surface area contributed by atoms with Crippen molar-refractivity contribution in [3.8, 4) is 0 Å². The zero-order valence-corrected chi connectivity index (χ0v) is 13.7. The Morgan fingerprint density at radius 1 is 1.00 bits per heavy atom. The van der Waals surface area contributed by atoms with Crippen molar-refractivity contribution in [1.82, 2.24) is 5.32 Å². The van der Waals surface area contributed by atoms with Crippen LogP contribution in [0.1, 0.15) is 48.6 Å². The Morgan fingerprint density at radius 3 is 2.23 bits per heavy atom. The summed E-state index contributed by atoms with van der Waals surface area (Å²) in [7, 11) is 0. The molecular formula is C20H25NO. The average Bonchev–Trinajstić information content (AvgIpc) is 2.54. The van der Waals surface area contributed by atoms with Crippen molar-refractivity contribution < 1.29 is 4.79 Å². The van der Waals surface area contributed by atoms with Crippen molar-refractivity contribution in [3.63, 3.8) is 0 Å². The Hall–Kier alpha value is -2.09. The quantitative estimate of drug-likeness (QED) is 0.842. The standard InChI is InChI=1S/C20H25NO/c1-4-16-10-12-17(13-11-16)14-20(22)21-19(5-2)18-9-7-6-8-15(18)3/h6-13,19H,4-5,14H2,1-3H3,(H,21,22)/t19-/m0/s1. The Labute approximate surface area is 133 Å². The molecule has 22 heavy (non-hydrogen) atoms. The summed E-state index contributed by atoms with van der Waals surface area (Å²) in [6.07, 6.45) is 2.36. The molecule has 2 rings (SSSR count). The second-order valence-electron chi connectivity index (χ2n) is 5.73. The van der Waals surface area contributed by atoms with Crippen molar-refractivity contribution in [2.75, 3.05) is 0 Å². The van der Waals surface area contributed by atoms with Gasteiger partial charge in [-0.1, -0.05) is 62.4 Å². The zero-order chi connectivity index (χ0) is 15.9. The maximum atomic E-state index is 12.3. The molecule has 0 unspecified atom stereocenters. The molecule has 2 heteroatoms. The number of amides is 1. The van der Waals surface area contributed by atoms with Crippen LogP contribution in [0.3, 0.4) is 0 Å². The van der Waals surface area contributed by atoms with Gasteiger partial charge in [0.2, 0.25) is 5.91 Å². The number of hydrogen-bond donors (Lipinski definition) is 1. The summed E-state index contributed by atoms with van der Waals surface area (Å²) < 4.78 is 0. The van der Waals surface area contributed by atoms with Crippen LogP contribution in [0.15, 0.2) is 48.5 Å². The molecule has 0 radical (unpaired) electrons. The lowest BCUT2D eigenvalue weighted by Crippen LogP contribution is -2.29. The normalized spacial score (nSPS) is 12.0. The molecule has 0 saturated heterocycles. The van der Waals surface area contributed by atoms with E-state index in [-0.39, 0.29) is 11.9 Å². The molecule has 116 valence electrons. The van der Waals surface area contributed by atoms with E-state index in [4.69, 9.17) is 0 Å². The third-order valence-electron chi connectivity index (χ3n) is 4.10. The molecule has 1 amide bonds. The lowest BCUT2D eigenvalue weighted by atomic mass is 9.99. The van der Waals surface area contributed by atoms with Crippen LogP contribution in [0.4, 0.5) is 0 Å². The molecule has 0 aliphatic heterocycles. The highest BCUT2D eigenvalue weighted by atomic mass is 16.1. The van der Waals surface area contributed by atoms with Gasteiger partial charge in [0.05, 0.1) is 12.5 Å². The fourth-order valence-electron chi connectivity index (χ4n) is 2.70. The number of rotatable bonds is 6. The minimum atomic E-state index is 0.0827. The summed E-state index contributed by atoms with van der Waals surface area (Å²) in [5.41, 5.74) is 4.80. The molecular weight excluding hydrogens is 270 g/mol. The molecule has 0 saturated carbocycles. The SMILES string of the molecule is CCc1ccc(CC(=O)N[C@@H](CC)c2ccccc2C)cc1. The summed E-state index contributed by atoms with van der Waals surface area (Å²) in [4.78, 5) is 12.3. The molecule has 2 aromatic carbocycles. The summed E-state index contributed by atoms with van der Waals surface area (Å²) in [6, 6.07) is 16.6. The van der Waals surface area contributed by atoms with Gasteiger partial charge in [0, 0.05) is 0 Å². The Bertz CT molecular complexity index is 616. The van der Waals surface area contributed by atoms with Crippen LogP contribution in [0.2, 0.25) is 0 Å². The molecule has 0 aromatic heterocycles. The third-order valence-corrected chi connectivity index (χ3v) is 4.10. The minimum absolute atomic E-state index is 0.0827.